The van der Waals surface area contributed by atoms with Crippen LogP contribution < -0.4 is 5.32 Å². The molecule has 0 radical (unpaired) electrons. The van der Waals surface area contributed by atoms with Crippen molar-refractivity contribution < 1.29 is 0 Å². The molecule has 0 spiro atoms. The summed E-state index contributed by atoms with van der Waals surface area (Å²) in [4.78, 5) is 0. The summed E-state index contributed by atoms with van der Waals surface area (Å²) in [6, 6.07) is 13.7. The topological polar surface area (TPSA) is 12.0 Å². The van der Waals surface area contributed by atoms with Crippen LogP contribution in [0.2, 0.25) is 0 Å². The molecular weight excluding hydrogens is 322 g/mol. The molecule has 2 aromatic rings. The second-order valence-electron chi connectivity index (χ2n) is 5.79. The molecule has 0 bridgehead atoms. The average molecular weight is 346 g/mol. The first-order chi connectivity index (χ1) is 10.0. The van der Waals surface area contributed by atoms with Gasteiger partial charge in [0, 0.05) is 10.5 Å². The summed E-state index contributed by atoms with van der Waals surface area (Å²) in [5.41, 5.74) is 6.70. The van der Waals surface area contributed by atoms with E-state index in [4.69, 9.17) is 0 Å². The van der Waals surface area contributed by atoms with Gasteiger partial charge in [-0.2, -0.15) is 0 Å². The van der Waals surface area contributed by atoms with E-state index in [1.807, 2.05) is 0 Å². The zero-order valence-corrected chi connectivity index (χ0v) is 14.9. The molecule has 2 heteroatoms. The van der Waals surface area contributed by atoms with Gasteiger partial charge in [-0.05, 0) is 50.4 Å². The molecule has 1 unspecified atom stereocenters. The van der Waals surface area contributed by atoms with Crippen LogP contribution in [0.1, 0.15) is 40.8 Å². The van der Waals surface area contributed by atoms with Gasteiger partial charge in [-0.1, -0.05) is 70.4 Å². The van der Waals surface area contributed by atoms with Gasteiger partial charge in [0.05, 0.1) is 0 Å². The van der Waals surface area contributed by atoms with Crippen molar-refractivity contribution in [3.63, 3.8) is 0 Å². The lowest BCUT2D eigenvalue weighted by Gasteiger charge is -2.21. The third kappa shape index (κ3) is 4.18. The molecular formula is C19H24BrN. The van der Waals surface area contributed by atoms with Crippen LogP contribution in [0.15, 0.2) is 40.9 Å². The highest BCUT2D eigenvalue weighted by Crippen LogP contribution is 2.29. The van der Waals surface area contributed by atoms with E-state index in [-0.39, 0.29) is 0 Å². The van der Waals surface area contributed by atoms with E-state index in [0.29, 0.717) is 6.04 Å². The Labute approximate surface area is 136 Å². The van der Waals surface area contributed by atoms with E-state index in [9.17, 15) is 0 Å². The Balaban J connectivity index is 2.32. The Bertz CT molecular complexity index is 599. The quantitative estimate of drug-likeness (QED) is 0.778. The fourth-order valence-corrected chi connectivity index (χ4v) is 3.44. The van der Waals surface area contributed by atoms with Crippen LogP contribution in [-0.4, -0.2) is 6.54 Å². The number of nitrogens with one attached hydrogen (secondary N) is 1. The highest BCUT2D eigenvalue weighted by molar-refractivity contribution is 9.10. The van der Waals surface area contributed by atoms with Crippen molar-refractivity contribution in [1.82, 2.24) is 5.32 Å². The fourth-order valence-electron chi connectivity index (χ4n) is 2.90. The minimum absolute atomic E-state index is 0.338. The molecule has 21 heavy (non-hydrogen) atoms. The molecule has 0 aliphatic carbocycles. The monoisotopic (exact) mass is 345 g/mol. The normalized spacial score (nSPS) is 12.4. The van der Waals surface area contributed by atoms with Crippen LogP contribution in [-0.2, 0) is 6.42 Å². The SMILES string of the molecule is CCNC(Cc1cc(C)cc(C)c1)c1cccc(C)c1Br. The summed E-state index contributed by atoms with van der Waals surface area (Å²) in [7, 11) is 0. The van der Waals surface area contributed by atoms with Gasteiger partial charge in [-0.15, -0.1) is 0 Å². The smallest absolute Gasteiger partial charge is 0.0372 e. The summed E-state index contributed by atoms with van der Waals surface area (Å²) < 4.78 is 1.22. The van der Waals surface area contributed by atoms with Crippen molar-refractivity contribution in [2.75, 3.05) is 6.54 Å². The van der Waals surface area contributed by atoms with Gasteiger partial charge in [-0.25, -0.2) is 0 Å². The molecule has 1 atom stereocenters. The number of aryl methyl sites for hydroxylation is 3. The van der Waals surface area contributed by atoms with Gasteiger partial charge in [0.15, 0.2) is 0 Å². The molecule has 0 aliphatic rings. The number of hydrogen-bond donors (Lipinski definition) is 1. The summed E-state index contributed by atoms with van der Waals surface area (Å²) in [5, 5.41) is 3.62. The molecule has 0 aliphatic heterocycles. The third-order valence-corrected chi connectivity index (χ3v) is 4.85. The Morgan fingerprint density at radius 2 is 1.71 bits per heavy atom. The minimum Gasteiger partial charge on any atom is -0.310 e. The molecule has 0 heterocycles. The Morgan fingerprint density at radius 1 is 1.05 bits per heavy atom. The number of benzene rings is 2. The van der Waals surface area contributed by atoms with Crippen molar-refractivity contribution in [2.24, 2.45) is 0 Å². The predicted octanol–water partition coefficient (Wildman–Crippen LogP) is 5.27. The zero-order valence-electron chi connectivity index (χ0n) is 13.3. The van der Waals surface area contributed by atoms with Crippen LogP contribution in [0.25, 0.3) is 0 Å². The molecule has 0 fully saturated rings. The summed E-state index contributed by atoms with van der Waals surface area (Å²) in [6.07, 6.45) is 1.01. The lowest BCUT2D eigenvalue weighted by Crippen LogP contribution is -2.23. The highest BCUT2D eigenvalue weighted by atomic mass is 79.9. The molecule has 0 saturated carbocycles. The van der Waals surface area contributed by atoms with Gasteiger partial charge in [0.1, 0.15) is 0 Å². The standard InChI is InChI=1S/C19H24BrN/c1-5-21-18(17-8-6-7-15(4)19(17)20)12-16-10-13(2)9-14(3)11-16/h6-11,18,21H,5,12H2,1-4H3. The first kappa shape index (κ1) is 16.3. The fraction of sp³-hybridized carbons (Fsp3) is 0.368. The molecule has 1 N–H and O–H groups in total. The van der Waals surface area contributed by atoms with Crippen LogP contribution in [0.4, 0.5) is 0 Å². The number of likely N-dealkylation sites (N-methyl/N-ethyl adjacent to an activating group) is 1. The highest BCUT2D eigenvalue weighted by Gasteiger charge is 2.15. The maximum atomic E-state index is 3.75. The minimum atomic E-state index is 0.338. The van der Waals surface area contributed by atoms with Crippen LogP contribution in [0.3, 0.4) is 0 Å². The largest absolute Gasteiger partial charge is 0.310 e. The van der Waals surface area contributed by atoms with Crippen molar-refractivity contribution >= 4 is 15.9 Å². The van der Waals surface area contributed by atoms with Gasteiger partial charge >= 0.3 is 0 Å². The van der Waals surface area contributed by atoms with Gasteiger partial charge in [0.2, 0.25) is 0 Å². The molecule has 112 valence electrons. The van der Waals surface area contributed by atoms with Crippen molar-refractivity contribution in [3.8, 4) is 0 Å². The maximum absolute atomic E-state index is 3.75. The van der Waals surface area contributed by atoms with Gasteiger partial charge in [-0.3, -0.25) is 0 Å². The molecule has 2 aromatic carbocycles. The Kier molecular flexibility index (Phi) is 5.60. The number of halogens is 1. The Morgan fingerprint density at radius 3 is 2.33 bits per heavy atom. The molecule has 0 amide bonds. The second kappa shape index (κ2) is 7.24. The van der Waals surface area contributed by atoms with E-state index in [1.54, 1.807) is 0 Å². The third-order valence-electron chi connectivity index (χ3n) is 3.77. The lowest BCUT2D eigenvalue weighted by molar-refractivity contribution is 0.547. The van der Waals surface area contributed by atoms with Crippen LogP contribution >= 0.6 is 15.9 Å². The van der Waals surface area contributed by atoms with Crippen LogP contribution in [0.5, 0.6) is 0 Å². The van der Waals surface area contributed by atoms with Crippen molar-refractivity contribution in [2.45, 2.75) is 40.2 Å². The van der Waals surface area contributed by atoms with Gasteiger partial charge in [0.25, 0.3) is 0 Å². The second-order valence-corrected chi connectivity index (χ2v) is 6.58. The van der Waals surface area contributed by atoms with Crippen molar-refractivity contribution in [1.29, 1.82) is 0 Å². The van der Waals surface area contributed by atoms with E-state index < -0.39 is 0 Å². The number of rotatable bonds is 5. The molecule has 2 rings (SSSR count). The first-order valence-electron chi connectivity index (χ1n) is 7.56. The first-order valence-corrected chi connectivity index (χ1v) is 8.36. The predicted molar refractivity (Wildman–Crippen MR) is 94.9 cm³/mol. The molecule has 0 aromatic heterocycles. The van der Waals surface area contributed by atoms with E-state index in [0.717, 1.165) is 13.0 Å². The van der Waals surface area contributed by atoms with E-state index >= 15 is 0 Å². The van der Waals surface area contributed by atoms with Crippen LogP contribution in [0, 0.1) is 20.8 Å². The van der Waals surface area contributed by atoms with E-state index in [1.165, 1.54) is 32.3 Å². The van der Waals surface area contributed by atoms with Gasteiger partial charge < -0.3 is 5.32 Å². The summed E-state index contributed by atoms with van der Waals surface area (Å²) in [5.74, 6) is 0. The maximum Gasteiger partial charge on any atom is 0.0372 e. The average Bonchev–Trinajstić information content (AvgIpc) is 2.40. The zero-order chi connectivity index (χ0) is 15.4. The number of hydrogen-bond acceptors (Lipinski definition) is 1. The molecule has 0 saturated heterocycles. The summed E-state index contributed by atoms with van der Waals surface area (Å²) in [6.45, 7) is 9.62. The Hall–Kier alpha value is -1.12. The van der Waals surface area contributed by atoms with E-state index in [2.05, 4.69) is 85.3 Å². The lowest BCUT2D eigenvalue weighted by atomic mass is 9.95. The molecule has 1 nitrogen and oxygen atoms in total. The van der Waals surface area contributed by atoms with Crippen molar-refractivity contribution in [3.05, 3.63) is 68.7 Å². The summed E-state index contributed by atoms with van der Waals surface area (Å²) >= 11 is 3.75.